The molecule has 2 unspecified atom stereocenters. The van der Waals surface area contributed by atoms with Crippen molar-refractivity contribution >= 4 is 28.3 Å². The van der Waals surface area contributed by atoms with Gasteiger partial charge in [0, 0.05) is 29.6 Å². The lowest BCUT2D eigenvalue weighted by molar-refractivity contribution is -0.0393. The van der Waals surface area contributed by atoms with E-state index in [0.29, 0.717) is 17.3 Å². The van der Waals surface area contributed by atoms with Crippen molar-refractivity contribution in [3.63, 3.8) is 0 Å². The Kier molecular flexibility index (Phi) is 4.99. The predicted octanol–water partition coefficient (Wildman–Crippen LogP) is 3.75. The molecule has 0 spiro atoms. The summed E-state index contributed by atoms with van der Waals surface area (Å²) in [6.45, 7) is 0.710. The van der Waals surface area contributed by atoms with Gasteiger partial charge in [-0.15, -0.1) is 0 Å². The van der Waals surface area contributed by atoms with Gasteiger partial charge < -0.3 is 9.46 Å². The molecule has 0 radical (unpaired) electrons. The lowest BCUT2D eigenvalue weighted by atomic mass is 10.1. The second kappa shape index (κ2) is 6.98. The molecule has 1 aliphatic heterocycles. The third kappa shape index (κ3) is 3.73. The van der Waals surface area contributed by atoms with Gasteiger partial charge in [0.15, 0.2) is 5.82 Å². The van der Waals surface area contributed by atoms with Crippen LogP contribution in [0.25, 0.3) is 11.3 Å². The molecule has 5 nitrogen and oxygen atoms in total. The number of halogens is 2. The van der Waals surface area contributed by atoms with Gasteiger partial charge >= 0.3 is 0 Å². The van der Waals surface area contributed by atoms with Crippen LogP contribution in [0.5, 0.6) is 0 Å². The molecule has 1 aromatic heterocycles. The first kappa shape index (κ1) is 16.4. The van der Waals surface area contributed by atoms with Gasteiger partial charge in [-0.1, -0.05) is 11.6 Å². The Balaban J connectivity index is 1.93. The van der Waals surface area contributed by atoms with E-state index in [4.69, 9.17) is 16.3 Å². The highest BCUT2D eigenvalue weighted by molar-refractivity contribution is 7.85. The summed E-state index contributed by atoms with van der Waals surface area (Å²) in [5.74, 6) is -0.528. The van der Waals surface area contributed by atoms with E-state index in [1.807, 2.05) is 0 Å². The van der Waals surface area contributed by atoms with E-state index in [-0.39, 0.29) is 17.5 Å². The maximum atomic E-state index is 14.6. The highest BCUT2D eigenvalue weighted by Crippen LogP contribution is 2.32. The Morgan fingerprint density at radius 3 is 3.00 bits per heavy atom. The highest BCUT2D eigenvalue weighted by Gasteiger charge is 2.19. The molecule has 1 aromatic carbocycles. The van der Waals surface area contributed by atoms with Crippen molar-refractivity contribution < 1.29 is 13.3 Å². The second-order valence-corrected chi connectivity index (χ2v) is 6.92. The fourth-order valence-electron chi connectivity index (χ4n) is 2.58. The molecule has 2 atom stereocenters. The second-order valence-electron chi connectivity index (χ2n) is 5.37. The Labute approximate surface area is 141 Å². The standard InChI is InChI=1S/C15H17ClFN3O2S/c1-23(21)19-13-9-10(16)8-11(15(13)17)12-5-6-20(18-12)14-4-2-3-7-22-14/h5-6,8-9,14,19H,2-4,7H2,1H3. The monoisotopic (exact) mass is 357 g/mol. The summed E-state index contributed by atoms with van der Waals surface area (Å²) in [6, 6.07) is 4.64. The number of nitrogens with one attached hydrogen (secondary N) is 1. The zero-order chi connectivity index (χ0) is 16.4. The smallest absolute Gasteiger partial charge is 0.156 e. The van der Waals surface area contributed by atoms with Crippen LogP contribution in [0.15, 0.2) is 24.4 Å². The lowest BCUT2D eigenvalue weighted by Gasteiger charge is -2.22. The Hall–Kier alpha value is -1.44. The molecule has 0 bridgehead atoms. The molecule has 124 valence electrons. The third-order valence-corrected chi connectivity index (χ3v) is 4.35. The van der Waals surface area contributed by atoms with Gasteiger partial charge in [0.25, 0.3) is 0 Å². The molecular formula is C15H17ClFN3O2S. The van der Waals surface area contributed by atoms with Crippen molar-refractivity contribution in [3.8, 4) is 11.3 Å². The van der Waals surface area contributed by atoms with Crippen molar-refractivity contribution in [3.05, 3.63) is 35.2 Å². The Morgan fingerprint density at radius 2 is 2.30 bits per heavy atom. The molecule has 1 saturated heterocycles. The number of benzene rings is 1. The van der Waals surface area contributed by atoms with E-state index in [1.165, 1.54) is 18.4 Å². The van der Waals surface area contributed by atoms with Gasteiger partial charge in [0.2, 0.25) is 0 Å². The maximum Gasteiger partial charge on any atom is 0.156 e. The average molecular weight is 358 g/mol. The predicted molar refractivity (Wildman–Crippen MR) is 89.2 cm³/mol. The number of ether oxygens (including phenoxy) is 1. The summed E-state index contributed by atoms with van der Waals surface area (Å²) in [5, 5.41) is 4.76. The van der Waals surface area contributed by atoms with Crippen molar-refractivity contribution in [2.24, 2.45) is 0 Å². The number of aromatic nitrogens is 2. The maximum absolute atomic E-state index is 14.6. The van der Waals surface area contributed by atoms with Crippen molar-refractivity contribution in [2.45, 2.75) is 25.5 Å². The van der Waals surface area contributed by atoms with E-state index in [2.05, 4.69) is 9.82 Å². The van der Waals surface area contributed by atoms with Crippen LogP contribution in [0.2, 0.25) is 5.02 Å². The zero-order valence-electron chi connectivity index (χ0n) is 12.6. The molecule has 0 saturated carbocycles. The first-order chi connectivity index (χ1) is 11.0. The van der Waals surface area contributed by atoms with Crippen LogP contribution in [0.4, 0.5) is 10.1 Å². The summed E-state index contributed by atoms with van der Waals surface area (Å²) in [7, 11) is -1.39. The van der Waals surface area contributed by atoms with Crippen molar-refractivity contribution in [1.82, 2.24) is 9.78 Å². The highest BCUT2D eigenvalue weighted by atomic mass is 35.5. The first-order valence-electron chi connectivity index (χ1n) is 7.31. The molecule has 23 heavy (non-hydrogen) atoms. The van der Waals surface area contributed by atoms with Crippen LogP contribution >= 0.6 is 11.6 Å². The van der Waals surface area contributed by atoms with Crippen LogP contribution in [-0.2, 0) is 15.7 Å². The van der Waals surface area contributed by atoms with Crippen LogP contribution in [0, 0.1) is 5.82 Å². The van der Waals surface area contributed by atoms with Crippen LogP contribution in [-0.4, -0.2) is 26.9 Å². The van der Waals surface area contributed by atoms with Crippen molar-refractivity contribution in [2.75, 3.05) is 17.6 Å². The Morgan fingerprint density at radius 1 is 1.48 bits per heavy atom. The third-order valence-electron chi connectivity index (χ3n) is 3.63. The molecule has 1 aliphatic rings. The van der Waals surface area contributed by atoms with E-state index in [9.17, 15) is 8.60 Å². The molecule has 2 aromatic rings. The topological polar surface area (TPSA) is 56.2 Å². The van der Waals surface area contributed by atoms with Crippen molar-refractivity contribution in [1.29, 1.82) is 0 Å². The number of nitrogens with zero attached hydrogens (tertiary/aromatic N) is 2. The van der Waals surface area contributed by atoms with Gasteiger partial charge in [-0.25, -0.2) is 13.3 Å². The SMILES string of the molecule is CS(=O)Nc1cc(Cl)cc(-c2ccn(C3CCCCO3)n2)c1F. The van der Waals surface area contributed by atoms with Crippen LogP contribution in [0.3, 0.4) is 0 Å². The minimum absolute atomic E-state index is 0.0943. The number of hydrogen-bond acceptors (Lipinski definition) is 3. The quantitative estimate of drug-likeness (QED) is 0.906. The van der Waals surface area contributed by atoms with Gasteiger partial charge in [-0.2, -0.15) is 5.10 Å². The molecule has 2 heterocycles. The van der Waals surface area contributed by atoms with Crippen LogP contribution in [0.1, 0.15) is 25.5 Å². The fraction of sp³-hybridized carbons (Fsp3) is 0.400. The first-order valence-corrected chi connectivity index (χ1v) is 9.24. The minimum Gasteiger partial charge on any atom is -0.357 e. The number of rotatable bonds is 4. The van der Waals surface area contributed by atoms with E-state index in [1.54, 1.807) is 16.9 Å². The summed E-state index contributed by atoms with van der Waals surface area (Å²) in [6.07, 6.45) is 6.12. The molecule has 1 N–H and O–H groups in total. The van der Waals surface area contributed by atoms with Gasteiger partial charge in [0.05, 0.1) is 11.4 Å². The Bertz CT molecular complexity index is 732. The van der Waals surface area contributed by atoms with E-state index < -0.39 is 16.8 Å². The lowest BCUT2D eigenvalue weighted by Crippen LogP contribution is -2.18. The number of anilines is 1. The molecule has 3 rings (SSSR count). The fourth-order valence-corrected chi connectivity index (χ4v) is 3.26. The van der Waals surface area contributed by atoms with Crippen LogP contribution < -0.4 is 4.72 Å². The minimum atomic E-state index is -1.39. The molecular weight excluding hydrogens is 341 g/mol. The molecule has 0 aliphatic carbocycles. The average Bonchev–Trinajstić information content (AvgIpc) is 3.00. The molecule has 0 amide bonds. The van der Waals surface area contributed by atoms with E-state index >= 15 is 0 Å². The van der Waals surface area contributed by atoms with Gasteiger partial charge in [-0.05, 0) is 37.5 Å². The summed E-state index contributed by atoms with van der Waals surface area (Å²) < 4.78 is 35.8. The van der Waals surface area contributed by atoms with E-state index in [0.717, 1.165) is 19.3 Å². The summed E-state index contributed by atoms with van der Waals surface area (Å²) in [4.78, 5) is 0. The largest absolute Gasteiger partial charge is 0.357 e. The number of hydrogen-bond donors (Lipinski definition) is 1. The summed E-state index contributed by atoms with van der Waals surface area (Å²) in [5.41, 5.74) is 0.820. The summed E-state index contributed by atoms with van der Waals surface area (Å²) >= 11 is 6.05. The molecule has 8 heteroatoms. The molecule has 1 fully saturated rings. The zero-order valence-corrected chi connectivity index (χ0v) is 14.2. The van der Waals surface area contributed by atoms with Gasteiger partial charge in [-0.3, -0.25) is 0 Å². The normalized spacial score (nSPS) is 19.5. The van der Waals surface area contributed by atoms with Gasteiger partial charge in [0.1, 0.15) is 17.2 Å².